The van der Waals surface area contributed by atoms with E-state index in [0.717, 1.165) is 41.7 Å². The topological polar surface area (TPSA) is 34.1 Å². The van der Waals surface area contributed by atoms with Gasteiger partial charge in [0.15, 0.2) is 0 Å². The maximum absolute atomic E-state index is 6.30. The minimum absolute atomic E-state index is 0.302. The number of rotatable bonds is 4. The van der Waals surface area contributed by atoms with Gasteiger partial charge in [0.25, 0.3) is 0 Å². The molecule has 0 saturated heterocycles. The number of nitrogens with one attached hydrogen (secondary N) is 1. The van der Waals surface area contributed by atoms with Crippen LogP contribution in [-0.4, -0.2) is 23.7 Å². The SMILES string of the molecule is CCNC1CCCC(Oc2cccc3ccc(C)nc23)C1. The van der Waals surface area contributed by atoms with Crippen LogP contribution in [0.2, 0.25) is 0 Å². The number of aryl methyl sites for hydroxylation is 1. The fourth-order valence-corrected chi connectivity index (χ4v) is 3.22. The lowest BCUT2D eigenvalue weighted by atomic mass is 9.93. The van der Waals surface area contributed by atoms with Crippen LogP contribution < -0.4 is 10.1 Å². The number of benzene rings is 1. The lowest BCUT2D eigenvalue weighted by Gasteiger charge is -2.30. The zero-order valence-electron chi connectivity index (χ0n) is 12.9. The first-order chi connectivity index (χ1) is 10.3. The van der Waals surface area contributed by atoms with Crippen molar-refractivity contribution < 1.29 is 4.74 Å². The Kier molecular flexibility index (Phi) is 4.39. The number of ether oxygens (including phenoxy) is 1. The van der Waals surface area contributed by atoms with E-state index in [9.17, 15) is 0 Å². The number of nitrogens with zero attached hydrogens (tertiary/aromatic N) is 1. The Morgan fingerprint density at radius 3 is 3.00 bits per heavy atom. The Morgan fingerprint density at radius 2 is 2.14 bits per heavy atom. The summed E-state index contributed by atoms with van der Waals surface area (Å²) in [6, 6.07) is 11.0. The van der Waals surface area contributed by atoms with Crippen LogP contribution in [0.3, 0.4) is 0 Å². The number of hydrogen-bond donors (Lipinski definition) is 1. The molecule has 0 spiro atoms. The minimum atomic E-state index is 0.302. The first-order valence-corrected chi connectivity index (χ1v) is 8.02. The third-order valence-corrected chi connectivity index (χ3v) is 4.23. The minimum Gasteiger partial charge on any atom is -0.488 e. The van der Waals surface area contributed by atoms with Crippen LogP contribution in [0.4, 0.5) is 0 Å². The number of hydrogen-bond acceptors (Lipinski definition) is 3. The highest BCUT2D eigenvalue weighted by atomic mass is 16.5. The van der Waals surface area contributed by atoms with Crippen molar-refractivity contribution in [2.45, 2.75) is 51.7 Å². The molecular formula is C18H24N2O. The smallest absolute Gasteiger partial charge is 0.145 e. The van der Waals surface area contributed by atoms with Gasteiger partial charge >= 0.3 is 0 Å². The molecule has 1 aromatic carbocycles. The lowest BCUT2D eigenvalue weighted by molar-refractivity contribution is 0.137. The normalized spacial score (nSPS) is 22.4. The zero-order chi connectivity index (χ0) is 14.7. The Morgan fingerprint density at radius 1 is 1.24 bits per heavy atom. The van der Waals surface area contributed by atoms with Gasteiger partial charge in [-0.2, -0.15) is 0 Å². The summed E-state index contributed by atoms with van der Waals surface area (Å²) in [4.78, 5) is 4.66. The van der Waals surface area contributed by atoms with Gasteiger partial charge in [0.1, 0.15) is 17.4 Å². The molecule has 0 aliphatic heterocycles. The molecule has 1 aliphatic rings. The van der Waals surface area contributed by atoms with Gasteiger partial charge in [-0.15, -0.1) is 0 Å². The molecule has 0 amide bonds. The standard InChI is InChI=1S/C18H24N2O/c1-3-19-15-7-5-8-16(12-15)21-17-9-4-6-14-11-10-13(2)20-18(14)17/h4,6,9-11,15-16,19H,3,5,7-8,12H2,1-2H3. The largest absolute Gasteiger partial charge is 0.488 e. The van der Waals surface area contributed by atoms with Crippen LogP contribution in [0.15, 0.2) is 30.3 Å². The van der Waals surface area contributed by atoms with E-state index in [1.54, 1.807) is 0 Å². The fraction of sp³-hybridized carbons (Fsp3) is 0.500. The van der Waals surface area contributed by atoms with Crippen molar-refractivity contribution in [1.29, 1.82) is 0 Å². The molecule has 112 valence electrons. The van der Waals surface area contributed by atoms with E-state index in [1.807, 2.05) is 19.1 Å². The molecule has 3 nitrogen and oxygen atoms in total. The van der Waals surface area contributed by atoms with Crippen LogP contribution in [0.25, 0.3) is 10.9 Å². The molecule has 1 aromatic heterocycles. The molecule has 1 aliphatic carbocycles. The van der Waals surface area contributed by atoms with Crippen molar-refractivity contribution in [1.82, 2.24) is 10.3 Å². The Labute approximate surface area is 126 Å². The van der Waals surface area contributed by atoms with E-state index in [2.05, 4.69) is 35.4 Å². The number of fused-ring (bicyclic) bond motifs is 1. The quantitative estimate of drug-likeness (QED) is 0.926. The maximum Gasteiger partial charge on any atom is 0.145 e. The number of aromatic nitrogens is 1. The molecule has 1 heterocycles. The molecule has 2 aromatic rings. The molecule has 2 atom stereocenters. The summed E-state index contributed by atoms with van der Waals surface area (Å²) in [6.07, 6.45) is 5.04. The first-order valence-electron chi connectivity index (χ1n) is 8.02. The molecule has 21 heavy (non-hydrogen) atoms. The second-order valence-corrected chi connectivity index (χ2v) is 5.94. The highest BCUT2D eigenvalue weighted by Gasteiger charge is 2.23. The third kappa shape index (κ3) is 3.35. The van der Waals surface area contributed by atoms with Crippen molar-refractivity contribution in [3.05, 3.63) is 36.0 Å². The van der Waals surface area contributed by atoms with Crippen LogP contribution in [0, 0.1) is 6.92 Å². The van der Waals surface area contributed by atoms with Crippen molar-refractivity contribution in [3.8, 4) is 5.75 Å². The summed E-state index contributed by atoms with van der Waals surface area (Å²) in [7, 11) is 0. The van der Waals surface area contributed by atoms with Crippen LogP contribution in [-0.2, 0) is 0 Å². The lowest BCUT2D eigenvalue weighted by Crippen LogP contribution is -2.37. The Bertz CT molecular complexity index is 609. The van der Waals surface area contributed by atoms with E-state index >= 15 is 0 Å². The maximum atomic E-state index is 6.30. The predicted molar refractivity (Wildman–Crippen MR) is 86.8 cm³/mol. The molecule has 0 radical (unpaired) electrons. The summed E-state index contributed by atoms with van der Waals surface area (Å²) < 4.78 is 6.30. The summed E-state index contributed by atoms with van der Waals surface area (Å²) in [6.45, 7) is 5.23. The van der Waals surface area contributed by atoms with Crippen LogP contribution >= 0.6 is 0 Å². The summed E-state index contributed by atoms with van der Waals surface area (Å²) in [5.74, 6) is 0.929. The molecule has 0 bridgehead atoms. The average Bonchev–Trinajstić information content (AvgIpc) is 2.49. The van der Waals surface area contributed by atoms with Gasteiger partial charge in [-0.1, -0.05) is 25.1 Å². The average molecular weight is 284 g/mol. The van der Waals surface area contributed by atoms with Crippen molar-refractivity contribution in [2.24, 2.45) is 0 Å². The first kappa shape index (κ1) is 14.3. The molecular weight excluding hydrogens is 260 g/mol. The van der Waals surface area contributed by atoms with Crippen LogP contribution in [0.5, 0.6) is 5.75 Å². The van der Waals surface area contributed by atoms with Gasteiger partial charge in [0.2, 0.25) is 0 Å². The van der Waals surface area contributed by atoms with Gasteiger partial charge in [0.05, 0.1) is 0 Å². The monoisotopic (exact) mass is 284 g/mol. The zero-order valence-corrected chi connectivity index (χ0v) is 12.9. The van der Waals surface area contributed by atoms with E-state index < -0.39 is 0 Å². The second kappa shape index (κ2) is 6.44. The van der Waals surface area contributed by atoms with E-state index in [4.69, 9.17) is 4.74 Å². The van der Waals surface area contributed by atoms with Crippen molar-refractivity contribution in [3.63, 3.8) is 0 Å². The summed E-state index contributed by atoms with van der Waals surface area (Å²) >= 11 is 0. The summed E-state index contributed by atoms with van der Waals surface area (Å²) in [5.41, 5.74) is 2.02. The highest BCUT2D eigenvalue weighted by Crippen LogP contribution is 2.28. The van der Waals surface area contributed by atoms with E-state index in [1.165, 1.54) is 12.8 Å². The third-order valence-electron chi connectivity index (χ3n) is 4.23. The summed E-state index contributed by atoms with van der Waals surface area (Å²) in [5, 5.41) is 4.70. The highest BCUT2D eigenvalue weighted by molar-refractivity contribution is 5.84. The number of para-hydroxylation sites is 1. The van der Waals surface area contributed by atoms with Gasteiger partial charge in [0, 0.05) is 17.1 Å². The van der Waals surface area contributed by atoms with Gasteiger partial charge in [-0.25, -0.2) is 4.98 Å². The Balaban J connectivity index is 1.79. The van der Waals surface area contributed by atoms with E-state index in [0.29, 0.717) is 12.1 Å². The van der Waals surface area contributed by atoms with E-state index in [-0.39, 0.29) is 0 Å². The van der Waals surface area contributed by atoms with Crippen LogP contribution in [0.1, 0.15) is 38.3 Å². The van der Waals surface area contributed by atoms with Gasteiger partial charge in [-0.05, 0) is 51.3 Å². The van der Waals surface area contributed by atoms with Gasteiger partial charge in [-0.3, -0.25) is 0 Å². The molecule has 1 saturated carbocycles. The van der Waals surface area contributed by atoms with Crippen molar-refractivity contribution >= 4 is 10.9 Å². The fourth-order valence-electron chi connectivity index (χ4n) is 3.22. The predicted octanol–water partition coefficient (Wildman–Crippen LogP) is 3.84. The molecule has 3 heteroatoms. The molecule has 2 unspecified atom stereocenters. The molecule has 1 N–H and O–H groups in total. The number of pyridine rings is 1. The Hall–Kier alpha value is -1.61. The second-order valence-electron chi connectivity index (χ2n) is 5.94. The molecule has 3 rings (SSSR count). The van der Waals surface area contributed by atoms with Crippen molar-refractivity contribution in [2.75, 3.05) is 6.54 Å². The molecule has 1 fully saturated rings. The van der Waals surface area contributed by atoms with Gasteiger partial charge < -0.3 is 10.1 Å².